The first-order chi connectivity index (χ1) is 25.3. The first kappa shape index (κ1) is 36.0. The van der Waals surface area contributed by atoms with Crippen LogP contribution in [0.15, 0.2) is 71.2 Å². The summed E-state index contributed by atoms with van der Waals surface area (Å²) in [4.78, 5) is 16.8. The number of carbonyl (C=O) groups excluding carboxylic acids is 1. The Kier molecular flexibility index (Phi) is 10.6. The molecule has 1 saturated heterocycles. The van der Waals surface area contributed by atoms with Gasteiger partial charge in [-0.3, -0.25) is 10.1 Å². The fourth-order valence-corrected chi connectivity index (χ4v) is 8.22. The van der Waals surface area contributed by atoms with E-state index in [2.05, 4.69) is 21.2 Å². The van der Waals surface area contributed by atoms with Gasteiger partial charge in [-0.2, -0.15) is 0 Å². The van der Waals surface area contributed by atoms with Crippen molar-refractivity contribution in [3.63, 3.8) is 0 Å². The van der Waals surface area contributed by atoms with Crippen LogP contribution in [-0.2, 0) is 38.6 Å². The van der Waals surface area contributed by atoms with Crippen molar-refractivity contribution in [1.82, 2.24) is 10.2 Å². The topological polar surface area (TPSA) is 117 Å². The van der Waals surface area contributed by atoms with E-state index in [0.29, 0.717) is 53.8 Å². The number of benzene rings is 4. The number of methoxy groups -OCH3 is 3. The lowest BCUT2D eigenvalue weighted by Crippen LogP contribution is -2.68. The molecule has 3 aliphatic heterocycles. The molecule has 1 fully saturated rings. The van der Waals surface area contributed by atoms with Crippen molar-refractivity contribution in [3.8, 4) is 28.7 Å². The van der Waals surface area contributed by atoms with Crippen LogP contribution in [0.5, 0.6) is 28.7 Å². The Morgan fingerprint density at radius 2 is 1.58 bits per heavy atom. The molecule has 4 atom stereocenters. The zero-order valence-electron chi connectivity index (χ0n) is 29.8. The Morgan fingerprint density at radius 1 is 0.923 bits per heavy atom. The maximum Gasteiger partial charge on any atom is 0.241 e. The summed E-state index contributed by atoms with van der Waals surface area (Å²) >= 11 is 3.86. The number of nitrogens with zero attached hydrogens (tertiary/aromatic N) is 1. The number of amides is 1. The first-order valence-electron chi connectivity index (χ1n) is 17.2. The SMILES string of the molecule is COc1c(C)c(Br)c2c(c1OCc1ccccc1)[C@H]1N[C@@H](C2)C(=O)N([C@@H](COCc2ccccc2)c2cc(O)c(C)c3c2OCO3)[C@H]1C(OC)OC. The van der Waals surface area contributed by atoms with Crippen molar-refractivity contribution in [2.75, 3.05) is 34.7 Å². The molecule has 12 heteroatoms. The van der Waals surface area contributed by atoms with Gasteiger partial charge in [-0.15, -0.1) is 0 Å². The number of ether oxygens (including phenoxy) is 7. The van der Waals surface area contributed by atoms with E-state index in [9.17, 15) is 9.90 Å². The van der Waals surface area contributed by atoms with Crippen molar-refractivity contribution in [1.29, 1.82) is 0 Å². The molecule has 7 rings (SSSR count). The molecule has 11 nitrogen and oxygen atoms in total. The fourth-order valence-electron chi connectivity index (χ4n) is 7.66. The summed E-state index contributed by atoms with van der Waals surface area (Å²) in [6.45, 7) is 4.39. The van der Waals surface area contributed by atoms with Crippen LogP contribution in [-0.4, -0.2) is 69.0 Å². The van der Waals surface area contributed by atoms with Gasteiger partial charge < -0.3 is 43.2 Å². The monoisotopic (exact) mass is 774 g/mol. The number of rotatable bonds is 13. The molecule has 0 aliphatic carbocycles. The number of nitrogens with one attached hydrogen (secondary N) is 1. The Hall–Kier alpha value is -4.33. The number of hydrogen-bond acceptors (Lipinski definition) is 10. The molecule has 2 bridgehead atoms. The van der Waals surface area contributed by atoms with Crippen molar-refractivity contribution in [3.05, 3.63) is 110 Å². The second kappa shape index (κ2) is 15.3. The molecule has 52 heavy (non-hydrogen) atoms. The van der Waals surface area contributed by atoms with Gasteiger partial charge in [0.05, 0.1) is 38.4 Å². The lowest BCUT2D eigenvalue weighted by atomic mass is 9.79. The van der Waals surface area contributed by atoms with Gasteiger partial charge in [0.1, 0.15) is 18.4 Å². The van der Waals surface area contributed by atoms with Gasteiger partial charge in [0.15, 0.2) is 29.3 Å². The molecule has 3 heterocycles. The van der Waals surface area contributed by atoms with Gasteiger partial charge >= 0.3 is 0 Å². The van der Waals surface area contributed by atoms with Gasteiger partial charge in [-0.1, -0.05) is 76.6 Å². The molecule has 0 radical (unpaired) electrons. The Morgan fingerprint density at radius 3 is 2.23 bits per heavy atom. The Labute approximate surface area is 311 Å². The van der Waals surface area contributed by atoms with Crippen molar-refractivity contribution < 1.29 is 43.1 Å². The van der Waals surface area contributed by atoms with Crippen LogP contribution >= 0.6 is 15.9 Å². The molecule has 0 unspecified atom stereocenters. The predicted octanol–water partition coefficient (Wildman–Crippen LogP) is 6.43. The molecular formula is C40H43BrN2O9. The number of piperazine rings is 1. The summed E-state index contributed by atoms with van der Waals surface area (Å²) in [5, 5.41) is 14.8. The largest absolute Gasteiger partial charge is 0.508 e. The zero-order chi connectivity index (χ0) is 36.5. The third-order valence-corrected chi connectivity index (χ3v) is 11.2. The van der Waals surface area contributed by atoms with Crippen LogP contribution in [0.1, 0.15) is 51.0 Å². The molecule has 3 aliphatic rings. The second-order valence-electron chi connectivity index (χ2n) is 13.1. The molecule has 4 aromatic rings. The lowest BCUT2D eigenvalue weighted by molar-refractivity contribution is -0.187. The standard InChI is InChI=1S/C40H43BrN2O9/c1-22-30(44)17-26(37-36(22)51-21-52-37)29(20-49-18-24-12-8-6-9-13-24)43-34(40(47-4)48-5)33-31-27(16-28(42-33)39(43)45)32(41)23(2)35(46-3)38(31)50-19-25-14-10-7-11-15-25/h6-15,17,28-29,33-34,40,42,44H,16,18-21H2,1-5H3/t28-,29-,33+,34+/m0/s1. The zero-order valence-corrected chi connectivity index (χ0v) is 31.4. The van der Waals surface area contributed by atoms with Crippen LogP contribution in [0.25, 0.3) is 0 Å². The molecule has 0 aromatic heterocycles. The summed E-state index contributed by atoms with van der Waals surface area (Å²) in [7, 11) is 4.74. The highest BCUT2D eigenvalue weighted by atomic mass is 79.9. The third kappa shape index (κ3) is 6.47. The molecule has 2 N–H and O–H groups in total. The van der Waals surface area contributed by atoms with Crippen LogP contribution in [0, 0.1) is 13.8 Å². The number of phenolic OH excluding ortho intramolecular Hbond substituents is 1. The summed E-state index contributed by atoms with van der Waals surface area (Å²) < 4.78 is 43.9. The molecule has 274 valence electrons. The minimum atomic E-state index is -0.901. The van der Waals surface area contributed by atoms with Crippen LogP contribution < -0.4 is 24.3 Å². The van der Waals surface area contributed by atoms with E-state index in [0.717, 1.165) is 32.3 Å². The Balaban J connectivity index is 1.39. The van der Waals surface area contributed by atoms with Gasteiger partial charge in [-0.25, -0.2) is 0 Å². The lowest BCUT2D eigenvalue weighted by Gasteiger charge is -2.53. The highest BCUT2D eigenvalue weighted by molar-refractivity contribution is 9.10. The highest BCUT2D eigenvalue weighted by Crippen LogP contribution is 2.53. The average molecular weight is 776 g/mol. The fraction of sp³-hybridized carbons (Fsp3) is 0.375. The summed E-state index contributed by atoms with van der Waals surface area (Å²) in [5.41, 5.74) is 5.73. The smallest absolute Gasteiger partial charge is 0.241 e. The van der Waals surface area contributed by atoms with Crippen LogP contribution in [0.4, 0.5) is 0 Å². The number of phenols is 1. The van der Waals surface area contributed by atoms with E-state index >= 15 is 0 Å². The summed E-state index contributed by atoms with van der Waals surface area (Å²) in [5.74, 6) is 1.89. The first-order valence-corrected chi connectivity index (χ1v) is 18.0. The number of hydrogen-bond donors (Lipinski definition) is 2. The maximum atomic E-state index is 15.0. The quantitative estimate of drug-likeness (QED) is 0.147. The minimum Gasteiger partial charge on any atom is -0.508 e. The van der Waals surface area contributed by atoms with E-state index < -0.39 is 30.5 Å². The minimum absolute atomic E-state index is 0.0180. The van der Waals surface area contributed by atoms with Crippen LogP contribution in [0.2, 0.25) is 0 Å². The highest BCUT2D eigenvalue weighted by Gasteiger charge is 2.54. The predicted molar refractivity (Wildman–Crippen MR) is 196 cm³/mol. The number of fused-ring (bicyclic) bond motifs is 5. The van der Waals surface area contributed by atoms with E-state index in [1.54, 1.807) is 39.2 Å². The molecule has 4 aromatic carbocycles. The molecule has 1 amide bonds. The average Bonchev–Trinajstić information content (AvgIpc) is 3.67. The van der Waals surface area contributed by atoms with E-state index in [1.807, 2.05) is 67.6 Å². The van der Waals surface area contributed by atoms with E-state index in [1.165, 1.54) is 0 Å². The third-order valence-electron chi connectivity index (χ3n) is 10.2. The van der Waals surface area contributed by atoms with Crippen molar-refractivity contribution in [2.45, 2.75) is 63.9 Å². The number of halogens is 1. The normalized spacial score (nSPS) is 19.5. The summed E-state index contributed by atoms with van der Waals surface area (Å²) in [6.07, 6.45) is -0.526. The summed E-state index contributed by atoms with van der Waals surface area (Å²) in [6, 6.07) is 18.7. The molecule has 0 saturated carbocycles. The molecule has 0 spiro atoms. The molecular weight excluding hydrogens is 732 g/mol. The van der Waals surface area contributed by atoms with Gasteiger partial charge in [0.2, 0.25) is 12.7 Å². The Bertz CT molecular complexity index is 1920. The number of aromatic hydroxyl groups is 1. The van der Waals surface area contributed by atoms with Crippen molar-refractivity contribution >= 4 is 21.8 Å². The maximum absolute atomic E-state index is 15.0. The van der Waals surface area contributed by atoms with Gasteiger partial charge in [-0.05, 0) is 43.0 Å². The van der Waals surface area contributed by atoms with Crippen LogP contribution in [0.3, 0.4) is 0 Å². The van der Waals surface area contributed by atoms with E-state index in [-0.39, 0.29) is 25.1 Å². The van der Waals surface area contributed by atoms with E-state index in [4.69, 9.17) is 33.2 Å². The number of carbonyl (C=O) groups is 1. The van der Waals surface area contributed by atoms with Gasteiger partial charge in [0.25, 0.3) is 0 Å². The van der Waals surface area contributed by atoms with Crippen molar-refractivity contribution in [2.24, 2.45) is 0 Å². The second-order valence-corrected chi connectivity index (χ2v) is 13.9. The van der Waals surface area contributed by atoms with Gasteiger partial charge in [0, 0.05) is 40.9 Å².